The van der Waals surface area contributed by atoms with E-state index < -0.39 is 5.97 Å². The van der Waals surface area contributed by atoms with Gasteiger partial charge in [-0.2, -0.15) is 5.26 Å². The van der Waals surface area contributed by atoms with E-state index in [1.165, 1.54) is 0 Å². The molecule has 0 spiro atoms. The van der Waals surface area contributed by atoms with Gasteiger partial charge in [0.1, 0.15) is 6.29 Å². The molecule has 0 atom stereocenters. The van der Waals surface area contributed by atoms with Crippen LogP contribution in [0, 0.1) is 11.3 Å². The first kappa shape index (κ1) is 13.9. The van der Waals surface area contributed by atoms with Crippen LogP contribution in [0.5, 0.6) is 0 Å². The number of hydrogen-bond donors (Lipinski definition) is 0. The van der Waals surface area contributed by atoms with Crippen molar-refractivity contribution in [1.29, 1.82) is 5.26 Å². The van der Waals surface area contributed by atoms with Gasteiger partial charge in [-0.05, 0) is 30.5 Å². The minimum absolute atomic E-state index is 0.142. The van der Waals surface area contributed by atoms with Crippen LogP contribution in [0.25, 0.3) is 0 Å². The second kappa shape index (κ2) is 7.23. The molecule has 0 aromatic heterocycles. The van der Waals surface area contributed by atoms with E-state index in [0.29, 0.717) is 30.6 Å². The number of nitriles is 1. The van der Waals surface area contributed by atoms with Crippen molar-refractivity contribution in [3.8, 4) is 6.07 Å². The lowest BCUT2D eigenvalue weighted by molar-refractivity contribution is -0.107. The third kappa shape index (κ3) is 3.42. The fourth-order valence-corrected chi connectivity index (χ4v) is 1.77. The highest BCUT2D eigenvalue weighted by Crippen LogP contribution is 2.18. The summed E-state index contributed by atoms with van der Waals surface area (Å²) in [4.78, 5) is 22.2. The average Bonchev–Trinajstić information content (AvgIpc) is 2.38. The van der Waals surface area contributed by atoms with Crippen LogP contribution in [0.1, 0.15) is 34.8 Å². The number of aldehydes is 1. The average molecular weight is 245 g/mol. The zero-order valence-electron chi connectivity index (χ0n) is 10.3. The summed E-state index contributed by atoms with van der Waals surface area (Å²) in [7, 11) is 0. The summed E-state index contributed by atoms with van der Waals surface area (Å²) >= 11 is 0. The molecule has 18 heavy (non-hydrogen) atoms. The van der Waals surface area contributed by atoms with Crippen molar-refractivity contribution in [2.75, 3.05) is 6.61 Å². The predicted octanol–water partition coefficient (Wildman–Crippen LogP) is 2.06. The topological polar surface area (TPSA) is 67.2 Å². The highest BCUT2D eigenvalue weighted by Gasteiger charge is 2.15. The van der Waals surface area contributed by atoms with Gasteiger partial charge in [0.15, 0.2) is 0 Å². The van der Waals surface area contributed by atoms with Crippen LogP contribution in [-0.2, 0) is 22.4 Å². The molecule has 1 rings (SSSR count). The van der Waals surface area contributed by atoms with E-state index in [1.807, 2.05) is 12.1 Å². The summed E-state index contributed by atoms with van der Waals surface area (Å²) in [5, 5.41) is 8.83. The van der Waals surface area contributed by atoms with Crippen molar-refractivity contribution >= 4 is 12.3 Å². The van der Waals surface area contributed by atoms with Gasteiger partial charge in [-0.3, -0.25) is 0 Å². The van der Waals surface area contributed by atoms with Crippen molar-refractivity contribution in [2.24, 2.45) is 0 Å². The van der Waals surface area contributed by atoms with Crippen LogP contribution >= 0.6 is 0 Å². The maximum atomic E-state index is 11.8. The van der Waals surface area contributed by atoms with Crippen molar-refractivity contribution in [3.63, 3.8) is 0 Å². The molecule has 0 unspecified atom stereocenters. The maximum absolute atomic E-state index is 11.8. The molecule has 0 aliphatic rings. The first-order valence-corrected chi connectivity index (χ1v) is 5.83. The lowest BCUT2D eigenvalue weighted by Crippen LogP contribution is -2.10. The molecular formula is C14H15NO3. The third-order valence-electron chi connectivity index (χ3n) is 2.56. The van der Waals surface area contributed by atoms with Crippen LogP contribution in [0.15, 0.2) is 18.2 Å². The lowest BCUT2D eigenvalue weighted by atomic mass is 9.96. The highest BCUT2D eigenvalue weighted by atomic mass is 16.5. The molecule has 0 heterocycles. The first-order chi connectivity index (χ1) is 8.74. The zero-order valence-corrected chi connectivity index (χ0v) is 10.3. The van der Waals surface area contributed by atoms with E-state index in [1.54, 1.807) is 19.1 Å². The van der Waals surface area contributed by atoms with E-state index in [9.17, 15) is 9.59 Å². The monoisotopic (exact) mass is 245 g/mol. The number of esters is 1. The van der Waals surface area contributed by atoms with Crippen molar-refractivity contribution < 1.29 is 14.3 Å². The summed E-state index contributed by atoms with van der Waals surface area (Å²) < 4.78 is 4.96. The Balaban J connectivity index is 3.12. The van der Waals surface area contributed by atoms with Gasteiger partial charge in [0, 0.05) is 6.42 Å². The molecule has 0 aliphatic heterocycles. The molecule has 0 amide bonds. The fraction of sp³-hybridized carbons (Fsp3) is 0.357. The number of nitrogens with zero attached hydrogens (tertiary/aromatic N) is 1. The number of ether oxygens (including phenoxy) is 1. The predicted molar refractivity (Wildman–Crippen MR) is 66.1 cm³/mol. The maximum Gasteiger partial charge on any atom is 0.338 e. The third-order valence-corrected chi connectivity index (χ3v) is 2.56. The summed E-state index contributed by atoms with van der Waals surface area (Å²) in [6.07, 6.45) is 1.88. The summed E-state index contributed by atoms with van der Waals surface area (Å²) in [6, 6.07) is 7.27. The van der Waals surface area contributed by atoms with Crippen molar-refractivity contribution in [1.82, 2.24) is 0 Å². The molecule has 0 bridgehead atoms. The minimum atomic E-state index is -0.421. The van der Waals surface area contributed by atoms with Crippen LogP contribution in [-0.4, -0.2) is 18.9 Å². The van der Waals surface area contributed by atoms with E-state index >= 15 is 0 Å². The Morgan fingerprint density at radius 3 is 2.89 bits per heavy atom. The van der Waals surface area contributed by atoms with E-state index in [0.717, 1.165) is 11.8 Å². The Labute approximate surface area is 106 Å². The standard InChI is InChI=1S/C14H15NO3/c1-2-18-14(17)13-7-3-5-11(6-4-10-16)12(13)8-9-15/h3,5,7,10H,2,4,6,8H2,1H3. The number of carbonyl (C=O) groups is 2. The van der Waals surface area contributed by atoms with Crippen molar-refractivity contribution in [3.05, 3.63) is 34.9 Å². The number of benzene rings is 1. The van der Waals surface area contributed by atoms with E-state index in [2.05, 4.69) is 0 Å². The molecule has 0 aliphatic carbocycles. The summed E-state index contributed by atoms with van der Waals surface area (Å²) in [5.41, 5.74) is 1.94. The number of aryl methyl sites for hydroxylation is 1. The van der Waals surface area contributed by atoms with Gasteiger partial charge in [0.2, 0.25) is 0 Å². The Bertz CT molecular complexity index is 474. The summed E-state index contributed by atoms with van der Waals surface area (Å²) in [5.74, 6) is -0.421. The van der Waals surface area contributed by atoms with Gasteiger partial charge in [0.05, 0.1) is 24.7 Å². The molecule has 4 nitrogen and oxygen atoms in total. The number of hydrogen-bond acceptors (Lipinski definition) is 4. The molecular weight excluding hydrogens is 230 g/mol. The second-order valence-corrected chi connectivity index (χ2v) is 3.70. The molecule has 4 heteroatoms. The van der Waals surface area contributed by atoms with Gasteiger partial charge < -0.3 is 9.53 Å². The SMILES string of the molecule is CCOC(=O)c1cccc(CCC=O)c1CC#N. The molecule has 0 saturated carbocycles. The molecule has 1 aromatic rings. The van der Waals surface area contributed by atoms with Crippen molar-refractivity contribution in [2.45, 2.75) is 26.2 Å². The summed E-state index contributed by atoms with van der Waals surface area (Å²) in [6.45, 7) is 2.03. The van der Waals surface area contributed by atoms with Gasteiger partial charge in [-0.1, -0.05) is 12.1 Å². The van der Waals surface area contributed by atoms with Gasteiger partial charge in [-0.25, -0.2) is 4.79 Å². The first-order valence-electron chi connectivity index (χ1n) is 5.83. The Morgan fingerprint density at radius 2 is 2.28 bits per heavy atom. The lowest BCUT2D eigenvalue weighted by Gasteiger charge is -2.11. The molecule has 1 aromatic carbocycles. The zero-order chi connectivity index (χ0) is 13.4. The molecule has 0 radical (unpaired) electrons. The van der Waals surface area contributed by atoms with Gasteiger partial charge in [-0.15, -0.1) is 0 Å². The second-order valence-electron chi connectivity index (χ2n) is 3.70. The fourth-order valence-electron chi connectivity index (χ4n) is 1.77. The van der Waals surface area contributed by atoms with Crippen LogP contribution in [0.4, 0.5) is 0 Å². The Kier molecular flexibility index (Phi) is 5.59. The van der Waals surface area contributed by atoms with Crippen LogP contribution in [0.3, 0.4) is 0 Å². The van der Waals surface area contributed by atoms with E-state index in [4.69, 9.17) is 10.00 Å². The quantitative estimate of drug-likeness (QED) is 0.568. The van der Waals surface area contributed by atoms with Gasteiger partial charge in [0.25, 0.3) is 0 Å². The largest absolute Gasteiger partial charge is 0.462 e. The molecule has 0 N–H and O–H groups in total. The van der Waals surface area contributed by atoms with Crippen LogP contribution < -0.4 is 0 Å². The smallest absolute Gasteiger partial charge is 0.338 e. The normalized spacial score (nSPS) is 9.56. The molecule has 94 valence electrons. The van der Waals surface area contributed by atoms with E-state index in [-0.39, 0.29) is 6.42 Å². The van der Waals surface area contributed by atoms with Crippen LogP contribution in [0.2, 0.25) is 0 Å². The molecule has 0 fully saturated rings. The Morgan fingerprint density at radius 1 is 1.50 bits per heavy atom. The number of rotatable bonds is 6. The Hall–Kier alpha value is -2.15. The minimum Gasteiger partial charge on any atom is -0.462 e. The van der Waals surface area contributed by atoms with Gasteiger partial charge >= 0.3 is 5.97 Å². The highest BCUT2D eigenvalue weighted by molar-refractivity contribution is 5.91. The molecule has 0 saturated heterocycles. The number of carbonyl (C=O) groups excluding carboxylic acids is 2.